The molecule has 0 bridgehead atoms. The quantitative estimate of drug-likeness (QED) is 0.455. The lowest BCUT2D eigenvalue weighted by atomic mass is 10.1. The van der Waals surface area contributed by atoms with Crippen molar-refractivity contribution in [2.24, 2.45) is 0 Å². The molecular formula is C9H11N5O5. The van der Waals surface area contributed by atoms with Crippen molar-refractivity contribution in [1.29, 1.82) is 0 Å². The van der Waals surface area contributed by atoms with Crippen molar-refractivity contribution < 1.29 is 20.1 Å². The second kappa shape index (κ2) is 4.35. The number of nitrogens with one attached hydrogen (secondary N) is 1. The van der Waals surface area contributed by atoms with Gasteiger partial charge in [-0.1, -0.05) is 0 Å². The summed E-state index contributed by atoms with van der Waals surface area (Å²) < 4.78 is 5.24. The van der Waals surface area contributed by atoms with Gasteiger partial charge in [0.15, 0.2) is 11.7 Å². The van der Waals surface area contributed by atoms with Crippen LogP contribution in [0.1, 0.15) is 6.23 Å². The van der Waals surface area contributed by atoms with E-state index in [0.29, 0.717) is 0 Å². The number of ether oxygens (including phenoxy) is 1. The first-order chi connectivity index (χ1) is 9.11. The lowest BCUT2D eigenvalue weighted by Gasteiger charge is -2.12. The minimum absolute atomic E-state index is 0.000221. The average molecular weight is 269 g/mol. The molecule has 0 saturated carbocycles. The number of H-pyrrole nitrogens is 1. The van der Waals surface area contributed by atoms with E-state index in [1.54, 1.807) is 0 Å². The highest BCUT2D eigenvalue weighted by Crippen LogP contribution is 2.28. The van der Waals surface area contributed by atoms with Crippen LogP contribution in [0.3, 0.4) is 0 Å². The van der Waals surface area contributed by atoms with Gasteiger partial charge in [0.05, 0.1) is 12.9 Å². The molecule has 10 nitrogen and oxygen atoms in total. The van der Waals surface area contributed by atoms with Crippen LogP contribution in [0.25, 0.3) is 11.2 Å². The molecule has 0 aromatic carbocycles. The average Bonchev–Trinajstić information content (AvgIpc) is 2.94. The van der Waals surface area contributed by atoms with Gasteiger partial charge >= 0.3 is 0 Å². The van der Waals surface area contributed by atoms with Crippen LogP contribution in [-0.4, -0.2) is 65.2 Å². The molecule has 0 amide bonds. The molecule has 2 aromatic heterocycles. The van der Waals surface area contributed by atoms with Crippen molar-refractivity contribution in [3.63, 3.8) is 0 Å². The van der Waals surface area contributed by atoms with Gasteiger partial charge in [0.2, 0.25) is 5.65 Å². The zero-order chi connectivity index (χ0) is 13.6. The van der Waals surface area contributed by atoms with Crippen LogP contribution in [0.4, 0.5) is 0 Å². The summed E-state index contributed by atoms with van der Waals surface area (Å²) in [5.41, 5.74) is -0.371. The van der Waals surface area contributed by atoms with Crippen molar-refractivity contribution in [3.8, 4) is 0 Å². The first kappa shape index (κ1) is 12.2. The predicted octanol–water partition coefficient (Wildman–Crippen LogP) is -2.87. The van der Waals surface area contributed by atoms with Crippen LogP contribution in [0, 0.1) is 0 Å². The minimum atomic E-state index is -1.31. The molecule has 3 rings (SSSR count). The molecule has 19 heavy (non-hydrogen) atoms. The third kappa shape index (κ3) is 1.81. The largest absolute Gasteiger partial charge is 0.394 e. The van der Waals surface area contributed by atoms with E-state index in [2.05, 4.69) is 20.2 Å². The Morgan fingerprint density at radius 2 is 2.16 bits per heavy atom. The zero-order valence-corrected chi connectivity index (χ0v) is 9.54. The number of aromatic nitrogens is 5. The van der Waals surface area contributed by atoms with Crippen molar-refractivity contribution in [1.82, 2.24) is 25.0 Å². The highest BCUT2D eigenvalue weighted by Gasteiger charge is 2.44. The molecule has 1 aliphatic heterocycles. The number of hydrogen-bond acceptors (Lipinski definition) is 8. The SMILES string of the molecule is O=c1[nH]cnc2nn(C3OC(CO)C(O)C3O)nc12. The summed E-state index contributed by atoms with van der Waals surface area (Å²) in [6.45, 7) is -0.450. The van der Waals surface area contributed by atoms with Gasteiger partial charge < -0.3 is 25.0 Å². The van der Waals surface area contributed by atoms with Crippen molar-refractivity contribution in [3.05, 3.63) is 16.7 Å². The molecule has 10 heteroatoms. The van der Waals surface area contributed by atoms with Crippen molar-refractivity contribution in [2.75, 3.05) is 6.61 Å². The fourth-order valence-corrected chi connectivity index (χ4v) is 1.95. The highest BCUT2D eigenvalue weighted by molar-refractivity contribution is 5.66. The zero-order valence-electron chi connectivity index (χ0n) is 9.54. The first-order valence-electron chi connectivity index (χ1n) is 5.54. The Morgan fingerprint density at radius 3 is 2.79 bits per heavy atom. The van der Waals surface area contributed by atoms with Gasteiger partial charge in [0.25, 0.3) is 5.56 Å². The van der Waals surface area contributed by atoms with Crippen LogP contribution < -0.4 is 5.56 Å². The summed E-state index contributed by atoms with van der Waals surface area (Å²) in [6, 6.07) is 0. The lowest BCUT2D eigenvalue weighted by molar-refractivity contribution is -0.0650. The predicted molar refractivity (Wildman–Crippen MR) is 59.0 cm³/mol. The van der Waals surface area contributed by atoms with Crippen LogP contribution in [-0.2, 0) is 4.74 Å². The highest BCUT2D eigenvalue weighted by atomic mass is 16.6. The summed E-state index contributed by atoms with van der Waals surface area (Å²) in [6.07, 6.45) is -3.39. The smallest absolute Gasteiger partial charge is 0.280 e. The van der Waals surface area contributed by atoms with Gasteiger partial charge in [-0.25, -0.2) is 4.98 Å². The maximum absolute atomic E-state index is 11.5. The monoisotopic (exact) mass is 269 g/mol. The Kier molecular flexibility index (Phi) is 2.78. The maximum Gasteiger partial charge on any atom is 0.280 e. The lowest BCUT2D eigenvalue weighted by Crippen LogP contribution is -2.33. The molecule has 0 radical (unpaired) electrons. The Balaban J connectivity index is 2.01. The fraction of sp³-hybridized carbons (Fsp3) is 0.556. The molecule has 4 unspecified atom stereocenters. The summed E-state index contributed by atoms with van der Waals surface area (Å²) in [4.78, 5) is 18.6. The summed E-state index contributed by atoms with van der Waals surface area (Å²) >= 11 is 0. The van der Waals surface area contributed by atoms with Crippen LogP contribution in [0.15, 0.2) is 11.1 Å². The van der Waals surface area contributed by atoms with E-state index in [9.17, 15) is 15.0 Å². The van der Waals surface area contributed by atoms with Gasteiger partial charge in [-0.05, 0) is 0 Å². The molecule has 102 valence electrons. The van der Waals surface area contributed by atoms with Gasteiger partial charge in [0, 0.05) is 0 Å². The van der Waals surface area contributed by atoms with Gasteiger partial charge in [0.1, 0.15) is 18.3 Å². The number of aliphatic hydroxyl groups is 3. The molecule has 0 spiro atoms. The Morgan fingerprint density at radius 1 is 1.37 bits per heavy atom. The molecule has 0 aliphatic carbocycles. The summed E-state index contributed by atoms with van der Waals surface area (Å²) in [7, 11) is 0. The number of aromatic amines is 1. The van der Waals surface area contributed by atoms with E-state index in [4.69, 9.17) is 9.84 Å². The van der Waals surface area contributed by atoms with E-state index in [-0.39, 0.29) is 11.2 Å². The fourth-order valence-electron chi connectivity index (χ4n) is 1.95. The number of nitrogens with zero attached hydrogens (tertiary/aromatic N) is 4. The maximum atomic E-state index is 11.5. The number of fused-ring (bicyclic) bond motifs is 1. The van der Waals surface area contributed by atoms with E-state index >= 15 is 0 Å². The summed E-state index contributed by atoms with van der Waals surface area (Å²) in [5.74, 6) is 0. The first-order valence-corrected chi connectivity index (χ1v) is 5.54. The normalized spacial score (nSPS) is 31.1. The molecule has 4 atom stereocenters. The van der Waals surface area contributed by atoms with E-state index in [1.165, 1.54) is 6.33 Å². The van der Waals surface area contributed by atoms with Crippen LogP contribution >= 0.6 is 0 Å². The van der Waals surface area contributed by atoms with E-state index < -0.39 is 36.7 Å². The van der Waals surface area contributed by atoms with Gasteiger partial charge in [-0.2, -0.15) is 0 Å². The molecular weight excluding hydrogens is 258 g/mol. The number of rotatable bonds is 2. The molecule has 1 aliphatic rings. The molecule has 2 aromatic rings. The standard InChI is InChI=1S/C9H11N5O5/c15-1-3-5(16)6(17)9(19-3)14-12-4-7(13-14)10-2-11-8(4)18/h2-3,5-6,9,15-17H,1H2,(H,10,11,13,18). The topological polar surface area (TPSA) is 146 Å². The van der Waals surface area contributed by atoms with Crippen molar-refractivity contribution in [2.45, 2.75) is 24.5 Å². The third-order valence-electron chi connectivity index (χ3n) is 2.95. The second-order valence-electron chi connectivity index (χ2n) is 4.15. The van der Waals surface area contributed by atoms with Gasteiger partial charge in [-0.3, -0.25) is 4.79 Å². The Labute approximate surface area is 105 Å². The number of aliphatic hydroxyl groups excluding tert-OH is 3. The van der Waals surface area contributed by atoms with Crippen molar-refractivity contribution >= 4 is 11.2 Å². The summed E-state index contributed by atoms with van der Waals surface area (Å²) in [5, 5.41) is 36.2. The second-order valence-corrected chi connectivity index (χ2v) is 4.15. The number of hydrogen-bond donors (Lipinski definition) is 4. The third-order valence-corrected chi connectivity index (χ3v) is 2.95. The molecule has 3 heterocycles. The van der Waals surface area contributed by atoms with E-state index in [0.717, 1.165) is 4.80 Å². The van der Waals surface area contributed by atoms with Gasteiger partial charge in [-0.15, -0.1) is 15.0 Å². The molecule has 1 saturated heterocycles. The van der Waals surface area contributed by atoms with Crippen LogP contribution in [0.2, 0.25) is 0 Å². The molecule has 4 N–H and O–H groups in total. The van der Waals surface area contributed by atoms with E-state index in [1.807, 2.05) is 0 Å². The van der Waals surface area contributed by atoms with Crippen LogP contribution in [0.5, 0.6) is 0 Å². The molecule has 1 fully saturated rings. The Hall–Kier alpha value is -1.88. The Bertz CT molecular complexity index is 654. The minimum Gasteiger partial charge on any atom is -0.394 e.